The molecular formula is C16H24ClN3O. The van der Waals surface area contributed by atoms with Crippen LogP contribution < -0.4 is 10.2 Å². The number of nitrogens with one attached hydrogen (secondary N) is 1. The highest BCUT2D eigenvalue weighted by molar-refractivity contribution is 6.31. The zero-order valence-corrected chi connectivity index (χ0v) is 14.0. The van der Waals surface area contributed by atoms with Crippen LogP contribution in [0.25, 0.3) is 0 Å². The molecule has 21 heavy (non-hydrogen) atoms. The highest BCUT2D eigenvalue weighted by atomic mass is 35.5. The number of anilines is 1. The topological polar surface area (TPSA) is 35.6 Å². The molecule has 0 spiro atoms. The molecule has 5 heteroatoms. The summed E-state index contributed by atoms with van der Waals surface area (Å²) in [5, 5.41) is 4.02. The number of hydrogen-bond acceptors (Lipinski definition) is 3. The van der Waals surface area contributed by atoms with E-state index in [1.54, 1.807) is 4.90 Å². The molecule has 116 valence electrons. The van der Waals surface area contributed by atoms with Crippen LogP contribution in [-0.2, 0) is 11.3 Å². The van der Waals surface area contributed by atoms with E-state index in [9.17, 15) is 4.79 Å². The number of nitrogens with zero attached hydrogens (tertiary/aromatic N) is 2. The average Bonchev–Trinajstić information content (AvgIpc) is 2.44. The maximum atomic E-state index is 12.4. The Bertz CT molecular complexity index is 530. The lowest BCUT2D eigenvalue weighted by molar-refractivity contribution is -0.136. The van der Waals surface area contributed by atoms with Gasteiger partial charge < -0.3 is 15.1 Å². The Hall–Kier alpha value is -1.26. The van der Waals surface area contributed by atoms with Crippen LogP contribution in [0.2, 0.25) is 5.02 Å². The standard InChI is InChI=1S/C16H24ClN3O/c1-5-18-11-12-6-7-13(10-14(12)17)20-9-8-19(4)15(21)16(20,2)3/h6-7,10,18H,5,8-9,11H2,1-4H3. The number of amides is 1. The first-order valence-corrected chi connectivity index (χ1v) is 7.78. The fourth-order valence-electron chi connectivity index (χ4n) is 2.77. The molecule has 1 aliphatic heterocycles. The summed E-state index contributed by atoms with van der Waals surface area (Å²) in [4.78, 5) is 16.3. The van der Waals surface area contributed by atoms with Crippen molar-refractivity contribution in [1.29, 1.82) is 0 Å². The average molecular weight is 310 g/mol. The Morgan fingerprint density at radius 3 is 2.67 bits per heavy atom. The van der Waals surface area contributed by atoms with Gasteiger partial charge in [-0.05, 0) is 38.1 Å². The minimum absolute atomic E-state index is 0.140. The van der Waals surface area contributed by atoms with Gasteiger partial charge in [-0.2, -0.15) is 0 Å². The predicted molar refractivity (Wildman–Crippen MR) is 87.9 cm³/mol. The van der Waals surface area contributed by atoms with Gasteiger partial charge in [0.1, 0.15) is 5.54 Å². The number of piperazine rings is 1. The molecule has 0 saturated carbocycles. The van der Waals surface area contributed by atoms with Gasteiger partial charge in [-0.3, -0.25) is 4.79 Å². The highest BCUT2D eigenvalue weighted by Gasteiger charge is 2.40. The second-order valence-electron chi connectivity index (χ2n) is 5.99. The van der Waals surface area contributed by atoms with Gasteiger partial charge in [0.25, 0.3) is 0 Å². The molecule has 4 nitrogen and oxygen atoms in total. The molecule has 1 amide bonds. The number of halogens is 1. The van der Waals surface area contributed by atoms with E-state index in [0.29, 0.717) is 0 Å². The summed E-state index contributed by atoms with van der Waals surface area (Å²) in [6, 6.07) is 6.06. The van der Waals surface area contributed by atoms with Crippen LogP contribution in [0, 0.1) is 0 Å². The molecular weight excluding hydrogens is 286 g/mol. The van der Waals surface area contributed by atoms with Crippen molar-refractivity contribution in [2.45, 2.75) is 32.9 Å². The molecule has 0 aromatic heterocycles. The van der Waals surface area contributed by atoms with E-state index in [0.717, 1.165) is 42.5 Å². The van der Waals surface area contributed by atoms with Crippen LogP contribution in [0.15, 0.2) is 18.2 Å². The molecule has 1 saturated heterocycles. The van der Waals surface area contributed by atoms with Crippen molar-refractivity contribution in [3.8, 4) is 0 Å². The van der Waals surface area contributed by atoms with Crippen LogP contribution in [0.5, 0.6) is 0 Å². The largest absolute Gasteiger partial charge is 0.356 e. The SMILES string of the molecule is CCNCc1ccc(N2CCN(C)C(=O)C2(C)C)cc1Cl. The van der Waals surface area contributed by atoms with Crippen molar-refractivity contribution in [3.05, 3.63) is 28.8 Å². The summed E-state index contributed by atoms with van der Waals surface area (Å²) >= 11 is 6.38. The third-order valence-corrected chi connectivity index (χ3v) is 4.47. The summed E-state index contributed by atoms with van der Waals surface area (Å²) in [7, 11) is 1.86. The smallest absolute Gasteiger partial charge is 0.247 e. The summed E-state index contributed by atoms with van der Waals surface area (Å²) in [6.07, 6.45) is 0. The number of carbonyl (C=O) groups is 1. The maximum absolute atomic E-state index is 12.4. The number of hydrogen-bond donors (Lipinski definition) is 1. The van der Waals surface area contributed by atoms with E-state index in [-0.39, 0.29) is 5.91 Å². The number of rotatable bonds is 4. The Balaban J connectivity index is 2.25. The van der Waals surface area contributed by atoms with Crippen molar-refractivity contribution in [2.75, 3.05) is 31.6 Å². The minimum Gasteiger partial charge on any atom is -0.356 e. The van der Waals surface area contributed by atoms with Crippen molar-refractivity contribution < 1.29 is 4.79 Å². The van der Waals surface area contributed by atoms with Gasteiger partial charge in [0, 0.05) is 37.4 Å². The van der Waals surface area contributed by atoms with Gasteiger partial charge in [0.2, 0.25) is 5.91 Å². The van der Waals surface area contributed by atoms with Crippen LogP contribution in [0.3, 0.4) is 0 Å². The molecule has 1 aromatic rings. The predicted octanol–water partition coefficient (Wildman–Crippen LogP) is 2.51. The molecule has 0 unspecified atom stereocenters. The van der Waals surface area contributed by atoms with Crippen LogP contribution in [0.4, 0.5) is 5.69 Å². The van der Waals surface area contributed by atoms with E-state index in [1.165, 1.54) is 0 Å². The zero-order chi connectivity index (χ0) is 15.6. The molecule has 1 aliphatic rings. The fraction of sp³-hybridized carbons (Fsp3) is 0.562. The minimum atomic E-state index is -0.542. The van der Waals surface area contributed by atoms with Crippen LogP contribution in [-0.4, -0.2) is 43.0 Å². The third-order valence-electron chi connectivity index (χ3n) is 4.12. The Morgan fingerprint density at radius 1 is 1.33 bits per heavy atom. The molecule has 0 aliphatic carbocycles. The molecule has 1 heterocycles. The van der Waals surface area contributed by atoms with E-state index < -0.39 is 5.54 Å². The fourth-order valence-corrected chi connectivity index (χ4v) is 3.01. The molecule has 1 N–H and O–H groups in total. The number of carbonyl (C=O) groups excluding carboxylic acids is 1. The third kappa shape index (κ3) is 3.16. The van der Waals surface area contributed by atoms with Gasteiger partial charge >= 0.3 is 0 Å². The maximum Gasteiger partial charge on any atom is 0.247 e. The lowest BCUT2D eigenvalue weighted by Gasteiger charge is -2.46. The molecule has 0 bridgehead atoms. The van der Waals surface area contributed by atoms with Gasteiger partial charge in [-0.1, -0.05) is 24.6 Å². The number of likely N-dealkylation sites (N-methyl/N-ethyl adjacent to an activating group) is 1. The van der Waals surface area contributed by atoms with E-state index in [4.69, 9.17) is 11.6 Å². The van der Waals surface area contributed by atoms with Gasteiger partial charge in [0.15, 0.2) is 0 Å². The first-order valence-electron chi connectivity index (χ1n) is 7.40. The quantitative estimate of drug-likeness (QED) is 0.928. The van der Waals surface area contributed by atoms with E-state index in [1.807, 2.05) is 33.0 Å². The van der Waals surface area contributed by atoms with Crippen LogP contribution >= 0.6 is 11.6 Å². The Kier molecular flexibility index (Phi) is 4.79. The summed E-state index contributed by atoms with van der Waals surface area (Å²) in [5.74, 6) is 0.140. The van der Waals surface area contributed by atoms with Crippen molar-refractivity contribution in [2.24, 2.45) is 0 Å². The lowest BCUT2D eigenvalue weighted by Crippen LogP contribution is -2.62. The monoisotopic (exact) mass is 309 g/mol. The van der Waals surface area contributed by atoms with Gasteiger partial charge in [-0.25, -0.2) is 0 Å². The lowest BCUT2D eigenvalue weighted by atomic mass is 9.96. The van der Waals surface area contributed by atoms with Gasteiger partial charge in [-0.15, -0.1) is 0 Å². The van der Waals surface area contributed by atoms with Crippen molar-refractivity contribution in [1.82, 2.24) is 10.2 Å². The number of benzene rings is 1. The molecule has 2 rings (SSSR count). The normalized spacial score (nSPS) is 18.2. The zero-order valence-electron chi connectivity index (χ0n) is 13.2. The van der Waals surface area contributed by atoms with E-state index in [2.05, 4.69) is 23.2 Å². The first kappa shape index (κ1) is 16.1. The molecule has 0 atom stereocenters. The highest BCUT2D eigenvalue weighted by Crippen LogP contribution is 2.31. The second-order valence-corrected chi connectivity index (χ2v) is 6.40. The summed E-state index contributed by atoms with van der Waals surface area (Å²) in [6.45, 7) is 9.23. The molecule has 0 radical (unpaired) electrons. The first-order chi connectivity index (χ1) is 9.87. The van der Waals surface area contributed by atoms with Crippen molar-refractivity contribution in [3.63, 3.8) is 0 Å². The molecule has 1 aromatic carbocycles. The summed E-state index contributed by atoms with van der Waals surface area (Å²) in [5.41, 5.74) is 1.55. The van der Waals surface area contributed by atoms with E-state index >= 15 is 0 Å². The Labute approximate surface area is 132 Å². The Morgan fingerprint density at radius 2 is 2.05 bits per heavy atom. The molecule has 1 fully saturated rings. The van der Waals surface area contributed by atoms with Gasteiger partial charge in [0.05, 0.1) is 0 Å². The van der Waals surface area contributed by atoms with Crippen LogP contribution in [0.1, 0.15) is 26.3 Å². The van der Waals surface area contributed by atoms with Crippen molar-refractivity contribution >= 4 is 23.2 Å². The second kappa shape index (κ2) is 6.24. The summed E-state index contributed by atoms with van der Waals surface area (Å²) < 4.78 is 0.